The number of ether oxygens (including phenoxy) is 4. The van der Waals surface area contributed by atoms with Crippen LogP contribution in [-0.4, -0.2) is 57.6 Å². The van der Waals surface area contributed by atoms with Crippen LogP contribution in [0.2, 0.25) is 0 Å². The maximum atomic E-state index is 14.2. The Balaban J connectivity index is 1.68. The van der Waals surface area contributed by atoms with Gasteiger partial charge in [0.25, 0.3) is 0 Å². The fourth-order valence-corrected chi connectivity index (χ4v) is 2.99. The zero-order valence-corrected chi connectivity index (χ0v) is 18.1. The van der Waals surface area contributed by atoms with Crippen LogP contribution in [0.15, 0.2) is 18.6 Å². The second-order valence-corrected chi connectivity index (χ2v) is 7.34. The molecule has 0 spiro atoms. The van der Waals surface area contributed by atoms with E-state index >= 15 is 0 Å². The minimum absolute atomic E-state index is 0.00102. The molecule has 9 nitrogen and oxygen atoms in total. The third kappa shape index (κ3) is 6.60. The molecule has 1 aliphatic heterocycles. The summed E-state index contributed by atoms with van der Waals surface area (Å²) in [5.41, 5.74) is -0.0286. The highest BCUT2D eigenvalue weighted by Gasteiger charge is 2.32. The van der Waals surface area contributed by atoms with Gasteiger partial charge in [0.2, 0.25) is 17.6 Å². The van der Waals surface area contributed by atoms with Crippen molar-refractivity contribution in [3.05, 3.63) is 30.0 Å². The molecule has 13 heteroatoms. The third-order valence-electron chi connectivity index (χ3n) is 4.46. The molecule has 0 atom stereocenters. The molecule has 3 rings (SSSR count). The van der Waals surface area contributed by atoms with Gasteiger partial charge < -0.3 is 23.8 Å². The molecule has 0 aromatic carbocycles. The lowest BCUT2D eigenvalue weighted by Gasteiger charge is -2.31. The van der Waals surface area contributed by atoms with Crippen LogP contribution in [0.25, 0.3) is 0 Å². The van der Waals surface area contributed by atoms with Crippen LogP contribution in [0.3, 0.4) is 0 Å². The van der Waals surface area contributed by atoms with Crippen LogP contribution in [0.5, 0.6) is 23.4 Å². The van der Waals surface area contributed by atoms with Gasteiger partial charge in [-0.1, -0.05) is 5.92 Å². The van der Waals surface area contributed by atoms with Gasteiger partial charge >= 0.3 is 12.5 Å². The molecule has 1 aliphatic rings. The molecule has 0 unspecified atom stereocenters. The van der Waals surface area contributed by atoms with Gasteiger partial charge in [-0.05, 0) is 13.8 Å². The summed E-state index contributed by atoms with van der Waals surface area (Å²) in [6.45, 7) is 4.32. The largest absolute Gasteiger partial charge is 0.574 e. The van der Waals surface area contributed by atoms with E-state index in [0.29, 0.717) is 38.2 Å². The number of carbonyl (C=O) groups excluding carboxylic acids is 1. The van der Waals surface area contributed by atoms with Crippen LogP contribution in [0.1, 0.15) is 32.3 Å². The van der Waals surface area contributed by atoms with E-state index in [1.165, 1.54) is 0 Å². The van der Waals surface area contributed by atoms with Crippen molar-refractivity contribution >= 4 is 6.09 Å². The van der Waals surface area contributed by atoms with Crippen LogP contribution in [-0.2, 0) is 4.74 Å². The van der Waals surface area contributed by atoms with Gasteiger partial charge in [-0.25, -0.2) is 24.1 Å². The highest BCUT2D eigenvalue weighted by Crippen LogP contribution is 2.32. The van der Waals surface area contributed by atoms with Gasteiger partial charge in [0, 0.05) is 32.0 Å². The molecular formula is C21H20F4N4O5. The van der Waals surface area contributed by atoms with Crippen LogP contribution >= 0.6 is 0 Å². The summed E-state index contributed by atoms with van der Waals surface area (Å²) in [5, 5.41) is 0. The number of nitrogens with zero attached hydrogens (tertiary/aromatic N) is 4. The summed E-state index contributed by atoms with van der Waals surface area (Å²) >= 11 is 0. The normalized spacial score (nSPS) is 14.5. The molecule has 1 saturated heterocycles. The van der Waals surface area contributed by atoms with Gasteiger partial charge in [0.15, 0.2) is 11.6 Å². The number of aromatic nitrogens is 3. The Morgan fingerprint density at radius 2 is 1.88 bits per heavy atom. The molecule has 182 valence electrons. The number of hydrogen-bond acceptors (Lipinski definition) is 8. The summed E-state index contributed by atoms with van der Waals surface area (Å²) < 4.78 is 71.0. The predicted molar refractivity (Wildman–Crippen MR) is 108 cm³/mol. The van der Waals surface area contributed by atoms with Crippen LogP contribution < -0.4 is 14.2 Å². The van der Waals surface area contributed by atoms with E-state index in [2.05, 4.69) is 25.6 Å². The number of piperidine rings is 1. The molecule has 0 N–H and O–H groups in total. The Labute approximate surface area is 192 Å². The van der Waals surface area contributed by atoms with Crippen molar-refractivity contribution in [2.45, 2.75) is 45.3 Å². The minimum Gasteiger partial charge on any atom is -0.473 e. The number of carbonyl (C=O) groups is 1. The third-order valence-corrected chi connectivity index (χ3v) is 4.46. The van der Waals surface area contributed by atoms with Gasteiger partial charge in [-0.3, -0.25) is 0 Å². The van der Waals surface area contributed by atoms with Crippen molar-refractivity contribution in [1.82, 2.24) is 19.9 Å². The average Bonchev–Trinajstić information content (AvgIpc) is 2.75. The zero-order chi connectivity index (χ0) is 24.9. The Morgan fingerprint density at radius 3 is 2.47 bits per heavy atom. The zero-order valence-electron chi connectivity index (χ0n) is 18.1. The summed E-state index contributed by atoms with van der Waals surface area (Å²) in [5.74, 6) is -0.656. The average molecular weight is 484 g/mol. The standard InChI is InChI=1S/C21H20F4N4O5/c1-4-14-18(32-13-5-7-29(8-6-13)20(30)31-12(2)3)27-11-28-19(14)33-16-10-26-17(9-15(16)22)34-21(23,24)25/h1,9-13H,5-8H2,2-3H3. The molecule has 0 aliphatic carbocycles. The number of likely N-dealkylation sites (tertiary alicyclic amines) is 1. The summed E-state index contributed by atoms with van der Waals surface area (Å²) in [6, 6.07) is 0.412. The number of pyridine rings is 1. The molecule has 0 bridgehead atoms. The molecule has 0 radical (unpaired) electrons. The maximum Gasteiger partial charge on any atom is 0.574 e. The van der Waals surface area contributed by atoms with E-state index in [-0.39, 0.29) is 29.5 Å². The summed E-state index contributed by atoms with van der Waals surface area (Å²) in [7, 11) is 0. The molecular weight excluding hydrogens is 464 g/mol. The van der Waals surface area contributed by atoms with Crippen LogP contribution in [0.4, 0.5) is 22.4 Å². The Hall–Kier alpha value is -3.82. The van der Waals surface area contributed by atoms with Crippen molar-refractivity contribution in [1.29, 1.82) is 0 Å². The highest BCUT2D eigenvalue weighted by molar-refractivity contribution is 5.67. The fraction of sp³-hybridized carbons (Fsp3) is 0.429. The molecule has 1 fully saturated rings. The summed E-state index contributed by atoms with van der Waals surface area (Å²) in [4.78, 5) is 24.8. The lowest BCUT2D eigenvalue weighted by Crippen LogP contribution is -2.42. The molecule has 2 aromatic heterocycles. The quantitative estimate of drug-likeness (QED) is 0.447. The first-order valence-electron chi connectivity index (χ1n) is 10.1. The smallest absolute Gasteiger partial charge is 0.473 e. The molecule has 34 heavy (non-hydrogen) atoms. The topological polar surface area (TPSA) is 95.9 Å². The predicted octanol–water partition coefficient (Wildman–Crippen LogP) is 4.07. The first kappa shape index (κ1) is 24.8. The number of halogens is 4. The van der Waals surface area contributed by atoms with Gasteiger partial charge in [0.05, 0.1) is 12.3 Å². The minimum atomic E-state index is -5.03. The number of alkyl halides is 3. The van der Waals surface area contributed by atoms with Crippen molar-refractivity contribution in [3.63, 3.8) is 0 Å². The molecule has 1 amide bonds. The van der Waals surface area contributed by atoms with E-state index in [1.54, 1.807) is 18.7 Å². The van der Waals surface area contributed by atoms with Crippen molar-refractivity contribution in [3.8, 4) is 35.7 Å². The van der Waals surface area contributed by atoms with Crippen molar-refractivity contribution in [2.75, 3.05) is 13.1 Å². The second-order valence-electron chi connectivity index (χ2n) is 7.34. The molecule has 0 saturated carbocycles. The Kier molecular flexibility index (Phi) is 7.60. The van der Waals surface area contributed by atoms with Crippen LogP contribution in [0, 0.1) is 18.2 Å². The first-order chi connectivity index (χ1) is 16.1. The second kappa shape index (κ2) is 10.4. The van der Waals surface area contributed by atoms with Gasteiger partial charge in [0.1, 0.15) is 18.0 Å². The van der Waals surface area contributed by atoms with Crippen molar-refractivity contribution in [2.24, 2.45) is 0 Å². The lowest BCUT2D eigenvalue weighted by molar-refractivity contribution is -0.276. The fourth-order valence-electron chi connectivity index (χ4n) is 2.99. The van der Waals surface area contributed by atoms with E-state index in [9.17, 15) is 22.4 Å². The number of terminal acetylenes is 1. The van der Waals surface area contributed by atoms with E-state index in [4.69, 9.17) is 20.6 Å². The molecule has 3 heterocycles. The Bertz CT molecular complexity index is 1070. The lowest BCUT2D eigenvalue weighted by atomic mass is 10.1. The number of hydrogen-bond donors (Lipinski definition) is 0. The van der Waals surface area contributed by atoms with Crippen molar-refractivity contribution < 1.29 is 41.3 Å². The maximum absolute atomic E-state index is 14.2. The van der Waals surface area contributed by atoms with E-state index in [1.807, 2.05) is 0 Å². The Morgan fingerprint density at radius 1 is 1.21 bits per heavy atom. The molecule has 2 aromatic rings. The van der Waals surface area contributed by atoms with E-state index in [0.717, 1.165) is 6.33 Å². The monoisotopic (exact) mass is 484 g/mol. The van der Waals surface area contributed by atoms with E-state index < -0.39 is 29.9 Å². The number of rotatable bonds is 6. The van der Waals surface area contributed by atoms with Gasteiger partial charge in [-0.15, -0.1) is 19.6 Å². The number of amides is 1. The SMILES string of the molecule is C#Cc1c(Oc2cnc(OC(F)(F)F)cc2F)ncnc1OC1CCN(C(=O)OC(C)C)CC1. The van der Waals surface area contributed by atoms with Gasteiger partial charge in [-0.2, -0.15) is 0 Å². The highest BCUT2D eigenvalue weighted by atomic mass is 19.4. The first-order valence-corrected chi connectivity index (χ1v) is 10.1. The summed E-state index contributed by atoms with van der Waals surface area (Å²) in [6.07, 6.45) is 2.29.